The molecule has 1 aliphatic carbocycles. The van der Waals surface area contributed by atoms with Crippen molar-refractivity contribution in [3.8, 4) is 11.5 Å². The summed E-state index contributed by atoms with van der Waals surface area (Å²) in [6, 6.07) is 18.3. The summed E-state index contributed by atoms with van der Waals surface area (Å²) >= 11 is 0. The average Bonchev–Trinajstić information content (AvgIpc) is 3.00. The van der Waals surface area contributed by atoms with Gasteiger partial charge in [-0.2, -0.15) is 16.8 Å². The molecular weight excluding hydrogens is 681 g/mol. The molecule has 0 aromatic heterocycles. The summed E-state index contributed by atoms with van der Waals surface area (Å²) in [5, 5.41) is 6.03. The van der Waals surface area contributed by atoms with Gasteiger partial charge in [-0.05, 0) is 64.8 Å². The lowest BCUT2D eigenvalue weighted by Gasteiger charge is -2.38. The van der Waals surface area contributed by atoms with Crippen LogP contribution in [0.15, 0.2) is 82.6 Å². The monoisotopic (exact) mass is 718 g/mol. The first-order chi connectivity index (χ1) is 23.2. The molecule has 262 valence electrons. The molecule has 4 aromatic carbocycles. The van der Waals surface area contributed by atoms with E-state index in [-0.39, 0.29) is 50.4 Å². The Morgan fingerprint density at radius 3 is 2.12 bits per heavy atom. The number of carbonyl (C=O) groups excluding carboxylic acids is 2. The van der Waals surface area contributed by atoms with Crippen molar-refractivity contribution in [3.63, 3.8) is 0 Å². The van der Waals surface area contributed by atoms with Gasteiger partial charge < -0.3 is 15.4 Å². The van der Waals surface area contributed by atoms with Crippen LogP contribution in [0.5, 0.6) is 11.5 Å². The predicted octanol–water partition coefficient (Wildman–Crippen LogP) is 7.69. The zero-order valence-electron chi connectivity index (χ0n) is 28.4. The van der Waals surface area contributed by atoms with Crippen molar-refractivity contribution in [3.05, 3.63) is 101 Å². The first kappa shape index (κ1) is 35.3. The molecule has 0 bridgehead atoms. The van der Waals surface area contributed by atoms with E-state index in [1.54, 1.807) is 37.3 Å². The number of anilines is 3. The van der Waals surface area contributed by atoms with E-state index in [1.165, 1.54) is 42.5 Å². The molecule has 0 saturated carbocycles. The molecule has 0 radical (unpaired) electrons. The van der Waals surface area contributed by atoms with E-state index in [1.807, 2.05) is 13.8 Å². The van der Waals surface area contributed by atoms with E-state index in [9.17, 15) is 35.5 Å². The molecule has 1 heterocycles. The summed E-state index contributed by atoms with van der Waals surface area (Å²) in [4.78, 5) is 26.9. The molecular formula is C37H38N2O9S2. The number of ether oxygens (including phenoxy) is 1. The third kappa shape index (κ3) is 6.53. The number of nitrogens with one attached hydrogen (secondary N) is 2. The van der Waals surface area contributed by atoms with Crippen molar-refractivity contribution in [1.82, 2.24) is 0 Å². The van der Waals surface area contributed by atoms with E-state index < -0.39 is 42.4 Å². The van der Waals surface area contributed by atoms with E-state index in [0.29, 0.717) is 34.4 Å². The lowest BCUT2D eigenvalue weighted by Crippen LogP contribution is -2.37. The fourth-order valence-corrected chi connectivity index (χ4v) is 8.46. The van der Waals surface area contributed by atoms with Gasteiger partial charge in [0.15, 0.2) is 11.5 Å². The van der Waals surface area contributed by atoms with Gasteiger partial charge in [0.2, 0.25) is 5.91 Å². The summed E-state index contributed by atoms with van der Waals surface area (Å²) in [6.07, 6.45) is 0.710. The van der Waals surface area contributed by atoms with Gasteiger partial charge >= 0.3 is 0 Å². The normalized spacial score (nSPS) is 17.4. The minimum atomic E-state index is -4.81. The summed E-state index contributed by atoms with van der Waals surface area (Å²) in [5.74, 6) is -2.04. The summed E-state index contributed by atoms with van der Waals surface area (Å²) < 4.78 is 75.1. The highest BCUT2D eigenvalue weighted by Crippen LogP contribution is 2.54. The number of fused-ring (bicyclic) bond motifs is 2. The van der Waals surface area contributed by atoms with Crippen LogP contribution in [0.3, 0.4) is 0 Å². The van der Waals surface area contributed by atoms with Gasteiger partial charge in [0.05, 0.1) is 21.8 Å². The van der Waals surface area contributed by atoms with Crippen molar-refractivity contribution in [2.24, 2.45) is 11.3 Å². The van der Waals surface area contributed by atoms with E-state index in [4.69, 9.17) is 4.74 Å². The van der Waals surface area contributed by atoms with Gasteiger partial charge in [-0.15, -0.1) is 0 Å². The molecule has 6 rings (SSSR count). The number of carbonyl (C=O) groups is 2. The first-order valence-electron chi connectivity index (χ1n) is 16.0. The van der Waals surface area contributed by atoms with Gasteiger partial charge in [0.25, 0.3) is 20.2 Å². The Morgan fingerprint density at radius 1 is 0.840 bits per heavy atom. The fourth-order valence-electron chi connectivity index (χ4n) is 7.34. The van der Waals surface area contributed by atoms with E-state index >= 15 is 0 Å². The number of ketones is 1. The van der Waals surface area contributed by atoms with Crippen molar-refractivity contribution >= 4 is 49.0 Å². The number of benzene rings is 4. The minimum Gasteiger partial charge on any atom is -0.454 e. The van der Waals surface area contributed by atoms with Gasteiger partial charge in [-0.3, -0.25) is 18.7 Å². The first-order valence-corrected chi connectivity index (χ1v) is 18.8. The Morgan fingerprint density at radius 2 is 1.50 bits per heavy atom. The second-order valence-corrected chi connectivity index (χ2v) is 17.6. The Bertz CT molecular complexity index is 2290. The Balaban J connectivity index is 1.56. The van der Waals surface area contributed by atoms with Gasteiger partial charge in [0, 0.05) is 34.7 Å². The van der Waals surface area contributed by atoms with Crippen LogP contribution in [0.1, 0.15) is 86.5 Å². The standard InChI is InChI=1S/C37H38N2O9S2/c1-20-30-24-9-7-8-10-25(24)34(40)31-26(38-22-12-14-23(15-13-22)49(42,43)44)18-28(33(32(30)31)39-35(20)41)48-27-16-11-21(17-29(27)50(45,46)47)37(5,6)19-36(2,3)4/h7-18,20,30,38H,19H2,1-6H3,(H,39,41)(H,42,43,44)(H,45,46,47). The highest BCUT2D eigenvalue weighted by molar-refractivity contribution is 7.86. The molecule has 13 heteroatoms. The number of amides is 1. The Labute approximate surface area is 291 Å². The molecule has 0 fully saturated rings. The molecule has 2 atom stereocenters. The molecule has 1 amide bonds. The average molecular weight is 719 g/mol. The molecule has 50 heavy (non-hydrogen) atoms. The SMILES string of the molecule is CC1C(=O)Nc2c(Oc3ccc(C(C)(C)CC(C)(C)C)cc3S(=O)(=O)O)cc(Nc3ccc(S(=O)(=O)O)cc3)c3c2C1c1ccccc1C3=O. The number of hydrogen-bond donors (Lipinski definition) is 4. The topological polar surface area (TPSA) is 176 Å². The molecule has 0 spiro atoms. The molecule has 2 aliphatic rings. The van der Waals surface area contributed by atoms with Gasteiger partial charge in [-0.1, -0.05) is 71.9 Å². The highest BCUT2D eigenvalue weighted by Gasteiger charge is 2.44. The van der Waals surface area contributed by atoms with Crippen LogP contribution in [-0.2, 0) is 30.4 Å². The lowest BCUT2D eigenvalue weighted by atomic mass is 9.69. The fraction of sp³-hybridized carbons (Fsp3) is 0.297. The Kier molecular flexibility index (Phi) is 8.50. The van der Waals surface area contributed by atoms with Crippen molar-refractivity contribution in [2.75, 3.05) is 10.6 Å². The van der Waals surface area contributed by atoms with E-state index in [2.05, 4.69) is 31.4 Å². The maximum atomic E-state index is 14.2. The quantitative estimate of drug-likeness (QED) is 0.132. The van der Waals surface area contributed by atoms with Crippen molar-refractivity contribution in [1.29, 1.82) is 0 Å². The summed E-state index contributed by atoms with van der Waals surface area (Å²) in [5.41, 5.74) is 2.67. The third-order valence-electron chi connectivity index (χ3n) is 9.20. The van der Waals surface area contributed by atoms with Crippen LogP contribution in [0, 0.1) is 11.3 Å². The zero-order chi connectivity index (χ0) is 36.6. The van der Waals surface area contributed by atoms with Crippen LogP contribution < -0.4 is 15.4 Å². The van der Waals surface area contributed by atoms with Crippen molar-refractivity contribution < 1.29 is 40.3 Å². The van der Waals surface area contributed by atoms with E-state index in [0.717, 1.165) is 0 Å². The maximum Gasteiger partial charge on any atom is 0.298 e. The van der Waals surface area contributed by atoms with Crippen LogP contribution in [0.25, 0.3) is 0 Å². The summed E-state index contributed by atoms with van der Waals surface area (Å²) in [7, 11) is -9.27. The summed E-state index contributed by atoms with van der Waals surface area (Å²) in [6.45, 7) is 12.0. The third-order valence-corrected chi connectivity index (χ3v) is 10.9. The van der Waals surface area contributed by atoms with Gasteiger partial charge in [0.1, 0.15) is 10.6 Å². The Hall–Kier alpha value is -4.56. The molecule has 0 saturated heterocycles. The molecule has 4 aromatic rings. The molecule has 2 unspecified atom stereocenters. The smallest absolute Gasteiger partial charge is 0.298 e. The zero-order valence-corrected chi connectivity index (χ0v) is 30.0. The second kappa shape index (κ2) is 12.0. The minimum absolute atomic E-state index is 0.00448. The second-order valence-electron chi connectivity index (χ2n) is 14.7. The van der Waals surface area contributed by atoms with Crippen LogP contribution in [0.4, 0.5) is 17.1 Å². The van der Waals surface area contributed by atoms with Gasteiger partial charge in [-0.25, -0.2) is 0 Å². The van der Waals surface area contributed by atoms with Crippen LogP contribution >= 0.6 is 0 Å². The highest BCUT2D eigenvalue weighted by atomic mass is 32.2. The molecule has 4 N–H and O–H groups in total. The number of hydrogen-bond acceptors (Lipinski definition) is 8. The maximum absolute atomic E-state index is 14.2. The molecule has 11 nitrogen and oxygen atoms in total. The number of rotatable bonds is 8. The van der Waals surface area contributed by atoms with Crippen molar-refractivity contribution in [2.45, 2.75) is 69.1 Å². The largest absolute Gasteiger partial charge is 0.454 e. The predicted molar refractivity (Wildman–Crippen MR) is 189 cm³/mol. The lowest BCUT2D eigenvalue weighted by molar-refractivity contribution is -0.120. The molecule has 1 aliphatic heterocycles. The van der Waals surface area contributed by atoms with Crippen LogP contribution in [0.2, 0.25) is 0 Å². The van der Waals surface area contributed by atoms with Crippen LogP contribution in [-0.4, -0.2) is 37.6 Å².